The molecule has 3 aliphatic rings. The number of rotatable bonds is 7. The summed E-state index contributed by atoms with van der Waals surface area (Å²) in [6, 6.07) is 0.364. The predicted octanol–water partition coefficient (Wildman–Crippen LogP) is 0.748. The van der Waals surface area contributed by atoms with Gasteiger partial charge in [0.15, 0.2) is 0 Å². The molecule has 3 rings (SSSR count). The summed E-state index contributed by atoms with van der Waals surface area (Å²) in [6.07, 6.45) is 1.34. The van der Waals surface area contributed by atoms with Crippen molar-refractivity contribution in [3.05, 3.63) is 0 Å². The van der Waals surface area contributed by atoms with Crippen molar-refractivity contribution in [3.8, 4) is 0 Å². The fourth-order valence-corrected chi connectivity index (χ4v) is 5.71. The number of ether oxygens (including phenoxy) is 2. The lowest BCUT2D eigenvalue weighted by Crippen LogP contribution is -2.43. The van der Waals surface area contributed by atoms with E-state index in [9.17, 15) is 9.59 Å². The maximum Gasteiger partial charge on any atom is 0.500 e. The van der Waals surface area contributed by atoms with E-state index in [1.807, 2.05) is 0 Å². The first kappa shape index (κ1) is 15.9. The van der Waals surface area contributed by atoms with Crippen LogP contribution in [0.1, 0.15) is 19.3 Å². The summed E-state index contributed by atoms with van der Waals surface area (Å²) in [5.41, 5.74) is 0. The van der Waals surface area contributed by atoms with Crippen molar-refractivity contribution in [2.45, 2.75) is 37.5 Å². The number of fused-ring (bicyclic) bond motifs is 1. The van der Waals surface area contributed by atoms with Crippen LogP contribution in [0, 0.1) is 17.8 Å². The highest BCUT2D eigenvalue weighted by Crippen LogP contribution is 2.55. The summed E-state index contributed by atoms with van der Waals surface area (Å²) >= 11 is 0. The lowest BCUT2D eigenvalue weighted by molar-refractivity contribution is -0.161. The van der Waals surface area contributed by atoms with Gasteiger partial charge >= 0.3 is 20.7 Å². The van der Waals surface area contributed by atoms with Gasteiger partial charge in [0.1, 0.15) is 12.2 Å². The van der Waals surface area contributed by atoms with Crippen molar-refractivity contribution >= 4 is 20.7 Å². The lowest BCUT2D eigenvalue weighted by Gasteiger charge is -2.27. The third-order valence-corrected chi connectivity index (χ3v) is 7.98. The van der Waals surface area contributed by atoms with Crippen LogP contribution in [0.15, 0.2) is 0 Å². The minimum absolute atomic E-state index is 0.0282. The standard InChI is InChI=1S/C14H22O7Si/c1-17-22(18-2,19-3)5-4-11(15)20-12-8-6-9-10(7-8)14(16)21-13(9)12/h8-10,12-13H,4-7H2,1-3H3. The molecule has 2 saturated carbocycles. The lowest BCUT2D eigenvalue weighted by atomic mass is 9.88. The highest BCUT2D eigenvalue weighted by atomic mass is 28.4. The van der Waals surface area contributed by atoms with Crippen LogP contribution in [0.25, 0.3) is 0 Å². The molecule has 5 unspecified atom stereocenters. The van der Waals surface area contributed by atoms with Gasteiger partial charge in [0.25, 0.3) is 0 Å². The Morgan fingerprint density at radius 2 is 1.91 bits per heavy atom. The van der Waals surface area contributed by atoms with Gasteiger partial charge in [-0.1, -0.05) is 0 Å². The molecule has 0 N–H and O–H groups in total. The molecule has 0 spiro atoms. The highest BCUT2D eigenvalue weighted by Gasteiger charge is 2.63. The Bertz CT molecular complexity index is 456. The first-order chi connectivity index (χ1) is 10.5. The van der Waals surface area contributed by atoms with Gasteiger partial charge in [-0.2, -0.15) is 0 Å². The zero-order chi connectivity index (χ0) is 15.9. The van der Waals surface area contributed by atoms with E-state index in [2.05, 4.69) is 0 Å². The first-order valence-corrected chi connectivity index (χ1v) is 9.52. The van der Waals surface area contributed by atoms with Crippen molar-refractivity contribution in [1.29, 1.82) is 0 Å². The third kappa shape index (κ3) is 2.47. The van der Waals surface area contributed by atoms with E-state index in [0.717, 1.165) is 12.8 Å². The summed E-state index contributed by atoms with van der Waals surface area (Å²) in [6.45, 7) is 0. The number of hydrogen-bond acceptors (Lipinski definition) is 7. The SMILES string of the molecule is CO[Si](CCC(=O)OC1C2CC3C(=O)OC1C3C2)(OC)OC. The first-order valence-electron chi connectivity index (χ1n) is 7.59. The maximum atomic E-state index is 12.1. The molecule has 3 fully saturated rings. The summed E-state index contributed by atoms with van der Waals surface area (Å²) < 4.78 is 26.8. The van der Waals surface area contributed by atoms with Crippen LogP contribution in [0.4, 0.5) is 0 Å². The van der Waals surface area contributed by atoms with Crippen molar-refractivity contribution in [1.82, 2.24) is 0 Å². The Labute approximate surface area is 130 Å². The van der Waals surface area contributed by atoms with Gasteiger partial charge in [-0.25, -0.2) is 0 Å². The molecular weight excluding hydrogens is 308 g/mol. The second kappa shape index (κ2) is 5.92. The zero-order valence-electron chi connectivity index (χ0n) is 13.1. The molecule has 2 aliphatic carbocycles. The summed E-state index contributed by atoms with van der Waals surface area (Å²) in [7, 11) is 1.77. The monoisotopic (exact) mass is 330 g/mol. The average Bonchev–Trinajstić information content (AvgIpc) is 3.14. The molecule has 7 nitrogen and oxygen atoms in total. The third-order valence-electron chi connectivity index (χ3n) is 5.25. The fourth-order valence-electron chi connectivity index (χ4n) is 4.09. The quantitative estimate of drug-likeness (QED) is 0.503. The molecule has 0 aromatic carbocycles. The van der Waals surface area contributed by atoms with Gasteiger partial charge in [-0.3, -0.25) is 9.59 Å². The Balaban J connectivity index is 1.54. The van der Waals surface area contributed by atoms with E-state index >= 15 is 0 Å². The molecule has 1 saturated heterocycles. The summed E-state index contributed by atoms with van der Waals surface area (Å²) in [4.78, 5) is 23.8. The van der Waals surface area contributed by atoms with Gasteiger partial charge in [0.2, 0.25) is 0 Å². The minimum atomic E-state index is -2.77. The number of carbonyl (C=O) groups is 2. The summed E-state index contributed by atoms with van der Waals surface area (Å²) in [5.74, 6) is 0.0755. The maximum absolute atomic E-state index is 12.1. The molecule has 5 atom stereocenters. The van der Waals surface area contributed by atoms with Crippen LogP contribution >= 0.6 is 0 Å². The Morgan fingerprint density at radius 1 is 1.23 bits per heavy atom. The molecular formula is C14H22O7Si. The second-order valence-corrected chi connectivity index (χ2v) is 9.24. The Hall–Kier alpha value is -0.963. The Kier molecular flexibility index (Phi) is 4.28. The van der Waals surface area contributed by atoms with E-state index in [1.54, 1.807) is 0 Å². The van der Waals surface area contributed by atoms with Gasteiger partial charge < -0.3 is 22.8 Å². The molecule has 0 aromatic rings. The molecule has 0 amide bonds. The topological polar surface area (TPSA) is 80.3 Å². The zero-order valence-corrected chi connectivity index (χ0v) is 14.1. The molecule has 0 aromatic heterocycles. The van der Waals surface area contributed by atoms with Crippen molar-refractivity contribution in [2.24, 2.45) is 17.8 Å². The number of esters is 2. The summed E-state index contributed by atoms with van der Waals surface area (Å²) in [5, 5.41) is 0. The second-order valence-electron chi connectivity index (χ2n) is 6.15. The fraction of sp³-hybridized carbons (Fsp3) is 0.857. The van der Waals surface area contributed by atoms with Gasteiger partial charge in [-0.15, -0.1) is 0 Å². The number of hydrogen-bond donors (Lipinski definition) is 0. The average molecular weight is 330 g/mol. The van der Waals surface area contributed by atoms with Crippen LogP contribution in [0.2, 0.25) is 6.04 Å². The van der Waals surface area contributed by atoms with E-state index < -0.39 is 8.80 Å². The van der Waals surface area contributed by atoms with E-state index in [-0.39, 0.29) is 48.3 Å². The molecule has 1 aliphatic heterocycles. The van der Waals surface area contributed by atoms with Crippen LogP contribution in [0.3, 0.4) is 0 Å². The van der Waals surface area contributed by atoms with Gasteiger partial charge in [-0.05, 0) is 12.8 Å². The van der Waals surface area contributed by atoms with Crippen LogP contribution < -0.4 is 0 Å². The van der Waals surface area contributed by atoms with Crippen molar-refractivity contribution < 1.29 is 32.3 Å². The van der Waals surface area contributed by atoms with Crippen LogP contribution in [0.5, 0.6) is 0 Å². The predicted molar refractivity (Wildman–Crippen MR) is 75.7 cm³/mol. The van der Waals surface area contributed by atoms with E-state index in [1.165, 1.54) is 21.3 Å². The normalized spacial score (nSPS) is 35.8. The van der Waals surface area contributed by atoms with Gasteiger partial charge in [0, 0.05) is 45.6 Å². The number of carbonyl (C=O) groups excluding carboxylic acids is 2. The molecule has 2 bridgehead atoms. The molecule has 22 heavy (non-hydrogen) atoms. The Morgan fingerprint density at radius 3 is 2.55 bits per heavy atom. The molecule has 8 heteroatoms. The highest BCUT2D eigenvalue weighted by molar-refractivity contribution is 6.60. The van der Waals surface area contributed by atoms with Crippen molar-refractivity contribution in [3.63, 3.8) is 0 Å². The van der Waals surface area contributed by atoms with Gasteiger partial charge in [0.05, 0.1) is 5.92 Å². The minimum Gasteiger partial charge on any atom is -0.458 e. The van der Waals surface area contributed by atoms with Crippen molar-refractivity contribution in [2.75, 3.05) is 21.3 Å². The van der Waals surface area contributed by atoms with Crippen LogP contribution in [-0.2, 0) is 32.3 Å². The molecule has 0 radical (unpaired) electrons. The molecule has 1 heterocycles. The smallest absolute Gasteiger partial charge is 0.458 e. The largest absolute Gasteiger partial charge is 0.500 e. The van der Waals surface area contributed by atoms with E-state index in [0.29, 0.717) is 6.04 Å². The molecule has 124 valence electrons. The van der Waals surface area contributed by atoms with Crippen LogP contribution in [-0.4, -0.2) is 54.3 Å². The van der Waals surface area contributed by atoms with E-state index in [4.69, 9.17) is 22.8 Å².